The Kier molecular flexibility index (Phi) is 10.4. The van der Waals surface area contributed by atoms with Crippen molar-refractivity contribution < 1.29 is 26.7 Å². The van der Waals surface area contributed by atoms with Crippen molar-refractivity contribution in [3.05, 3.63) is 88.9 Å². The third-order valence-electron chi connectivity index (χ3n) is 9.93. The average molecular weight is 736 g/mol. The van der Waals surface area contributed by atoms with E-state index in [1.807, 2.05) is 32.0 Å². The van der Waals surface area contributed by atoms with Crippen LogP contribution in [0.5, 0.6) is 0 Å². The zero-order valence-electron chi connectivity index (χ0n) is 29.3. The van der Waals surface area contributed by atoms with Gasteiger partial charge in [-0.25, -0.2) is 22.2 Å². The summed E-state index contributed by atoms with van der Waals surface area (Å²) in [4.78, 5) is 29.5. The molecule has 2 aliphatic rings. The second kappa shape index (κ2) is 14.5. The number of nitrogens with two attached hydrogens (primary N) is 1. The van der Waals surface area contributed by atoms with Gasteiger partial charge < -0.3 is 15.5 Å². The van der Waals surface area contributed by atoms with Crippen molar-refractivity contribution in [1.82, 2.24) is 9.97 Å². The Labute approximate surface area is 301 Å². The Balaban J connectivity index is 1.42. The summed E-state index contributed by atoms with van der Waals surface area (Å²) in [6.07, 6.45) is 7.02. The Hall–Kier alpha value is -4.10. The molecule has 1 fully saturated rings. The number of methoxy groups -OCH3 is 1. The lowest BCUT2D eigenvalue weighted by Gasteiger charge is -2.26. The third kappa shape index (κ3) is 8.04. The quantitative estimate of drug-likeness (QED) is 0.212. The van der Waals surface area contributed by atoms with Crippen LogP contribution in [0.25, 0.3) is 10.9 Å². The topological polar surface area (TPSA) is 140 Å². The molecule has 3 heterocycles. The number of halogens is 2. The largest absolute Gasteiger partial charge is 0.469 e. The zero-order chi connectivity index (χ0) is 36.6. The molecule has 1 unspecified atom stereocenters. The maximum atomic E-state index is 15.8. The second-order valence-electron chi connectivity index (χ2n) is 14.4. The molecule has 4 aromatic rings. The number of benzene rings is 2. The molecule has 0 amide bonds. The summed E-state index contributed by atoms with van der Waals surface area (Å²) >= 11 is 1.00. The summed E-state index contributed by atoms with van der Waals surface area (Å²) in [5, 5.41) is 0.440. The van der Waals surface area contributed by atoms with Crippen LogP contribution in [0.15, 0.2) is 74.6 Å². The molecule has 1 aliphatic heterocycles. The standard InChI is InChI=1S/C38H43F2N5O4S2/c1-37(2)13-6-9-26(24-8-5-7-23(19-24)21-38(14-15-38)36(46)49-4)34(41)45-35(42-3)29-20-25(10-16-43-29)50-33-28(12-18-51(47,48)22-37)27-11-17-44-32(27)30(39)31(33)40/h5,7-8,10-11,16-17,19-20,26,44H,6,9,12-15,18,21-22H2,1-4H3,(H2,41,42,45). The fourth-order valence-electron chi connectivity index (χ4n) is 7.16. The number of hydrogen-bond donors (Lipinski definition) is 2. The van der Waals surface area contributed by atoms with Gasteiger partial charge >= 0.3 is 5.97 Å². The average Bonchev–Trinajstić information content (AvgIpc) is 3.71. The Morgan fingerprint density at radius 3 is 2.65 bits per heavy atom. The van der Waals surface area contributed by atoms with Crippen LogP contribution in [0.3, 0.4) is 0 Å². The van der Waals surface area contributed by atoms with E-state index in [4.69, 9.17) is 15.5 Å². The number of rotatable bonds is 4. The number of fused-ring (bicyclic) bond motifs is 5. The molecule has 6 rings (SSSR count). The molecule has 3 N–H and O–H groups in total. The molecule has 13 heteroatoms. The van der Waals surface area contributed by atoms with E-state index in [9.17, 15) is 13.2 Å². The molecular formula is C38H43F2N5O4S2. The monoisotopic (exact) mass is 735 g/mol. The maximum absolute atomic E-state index is 15.8. The zero-order valence-corrected chi connectivity index (χ0v) is 30.9. The maximum Gasteiger partial charge on any atom is 0.312 e. The normalized spacial score (nSPS) is 21.3. The lowest BCUT2D eigenvalue weighted by Crippen LogP contribution is -2.28. The van der Waals surface area contributed by atoms with Gasteiger partial charge in [-0.1, -0.05) is 56.3 Å². The number of aromatic amines is 1. The van der Waals surface area contributed by atoms with E-state index < -0.39 is 32.3 Å². The van der Waals surface area contributed by atoms with Crippen molar-refractivity contribution in [2.45, 2.75) is 74.5 Å². The van der Waals surface area contributed by atoms with Crippen molar-refractivity contribution in [2.24, 2.45) is 26.5 Å². The Morgan fingerprint density at radius 2 is 1.92 bits per heavy atom. The molecule has 2 bridgehead atoms. The number of nitrogens with zero attached hydrogens (tertiary/aromatic N) is 3. The van der Waals surface area contributed by atoms with Gasteiger partial charge in [-0.15, -0.1) is 0 Å². The first-order valence-electron chi connectivity index (χ1n) is 17.0. The summed E-state index contributed by atoms with van der Waals surface area (Å²) in [5.74, 6) is -2.32. The molecule has 2 aromatic carbocycles. The van der Waals surface area contributed by atoms with E-state index in [2.05, 4.69) is 21.0 Å². The number of aromatic nitrogens is 2. The SMILES string of the molecule is CN=C1N=C(N)C(c2cccc(CC3(C(=O)OC)CC3)c2)CCCC(C)(C)CS(=O)(=O)CCc2c(c(F)c(F)c3[nH]ccc23)Sc2ccnc1c2. The fourth-order valence-corrected chi connectivity index (χ4v) is 10.2. The van der Waals surface area contributed by atoms with Gasteiger partial charge in [-0.2, -0.15) is 0 Å². The first kappa shape index (κ1) is 36.7. The number of carbonyl (C=O) groups is 1. The smallest absolute Gasteiger partial charge is 0.312 e. The van der Waals surface area contributed by atoms with Crippen LogP contribution in [-0.2, 0) is 32.2 Å². The van der Waals surface area contributed by atoms with E-state index in [1.165, 1.54) is 19.5 Å². The highest BCUT2D eigenvalue weighted by Crippen LogP contribution is 2.49. The summed E-state index contributed by atoms with van der Waals surface area (Å²) in [5.41, 5.74) is 8.47. The number of H-pyrrole nitrogens is 1. The molecule has 0 spiro atoms. The molecule has 0 saturated heterocycles. The third-order valence-corrected chi connectivity index (χ3v) is 13.1. The molecule has 1 aliphatic carbocycles. The van der Waals surface area contributed by atoms with Crippen molar-refractivity contribution in [3.63, 3.8) is 0 Å². The number of esters is 1. The van der Waals surface area contributed by atoms with Crippen LogP contribution in [0.4, 0.5) is 8.78 Å². The van der Waals surface area contributed by atoms with Gasteiger partial charge in [0.2, 0.25) is 0 Å². The molecule has 270 valence electrons. The van der Waals surface area contributed by atoms with Crippen molar-refractivity contribution in [3.8, 4) is 0 Å². The van der Waals surface area contributed by atoms with Crippen LogP contribution >= 0.6 is 11.8 Å². The van der Waals surface area contributed by atoms with Gasteiger partial charge in [-0.05, 0) is 78.8 Å². The van der Waals surface area contributed by atoms with Crippen LogP contribution < -0.4 is 5.73 Å². The first-order chi connectivity index (χ1) is 24.2. The minimum absolute atomic E-state index is 0.00273. The summed E-state index contributed by atoms with van der Waals surface area (Å²) < 4.78 is 63.4. The molecule has 0 radical (unpaired) electrons. The van der Waals surface area contributed by atoms with Crippen LogP contribution in [0.2, 0.25) is 0 Å². The number of carbonyl (C=O) groups excluding carboxylic acids is 1. The highest BCUT2D eigenvalue weighted by molar-refractivity contribution is 7.99. The van der Waals surface area contributed by atoms with Crippen molar-refractivity contribution >= 4 is 50.1 Å². The first-order valence-corrected chi connectivity index (χ1v) is 19.7. The fraction of sp³-hybridized carbons (Fsp3) is 0.421. The molecule has 9 nitrogen and oxygen atoms in total. The van der Waals surface area contributed by atoms with Crippen molar-refractivity contribution in [2.75, 3.05) is 25.7 Å². The Morgan fingerprint density at radius 1 is 1.14 bits per heavy atom. The summed E-state index contributed by atoms with van der Waals surface area (Å²) in [6.45, 7) is 3.86. The number of hydrogen-bond acceptors (Lipinski definition) is 8. The Bertz CT molecular complexity index is 2140. The van der Waals surface area contributed by atoms with Crippen molar-refractivity contribution in [1.29, 1.82) is 0 Å². The van der Waals surface area contributed by atoms with E-state index in [0.29, 0.717) is 53.1 Å². The van der Waals surface area contributed by atoms with E-state index in [-0.39, 0.29) is 46.1 Å². The molecule has 1 atom stereocenters. The number of amidine groups is 2. The molecule has 2 aromatic heterocycles. The predicted octanol–water partition coefficient (Wildman–Crippen LogP) is 7.17. The second-order valence-corrected chi connectivity index (χ2v) is 17.7. The number of aryl methyl sites for hydroxylation is 1. The number of ether oxygens (including phenoxy) is 1. The minimum atomic E-state index is -3.60. The van der Waals surface area contributed by atoms with E-state index in [0.717, 1.165) is 35.7 Å². The number of nitrogens with one attached hydrogen (secondary N) is 1. The van der Waals surface area contributed by atoms with Gasteiger partial charge in [0.25, 0.3) is 0 Å². The lowest BCUT2D eigenvalue weighted by atomic mass is 9.84. The molecule has 1 saturated carbocycles. The predicted molar refractivity (Wildman–Crippen MR) is 197 cm³/mol. The summed E-state index contributed by atoms with van der Waals surface area (Å²) in [6, 6.07) is 13.0. The van der Waals surface area contributed by atoms with Gasteiger partial charge in [-0.3, -0.25) is 14.8 Å². The molecular weight excluding hydrogens is 693 g/mol. The van der Waals surface area contributed by atoms with Crippen LogP contribution in [-0.4, -0.2) is 61.7 Å². The highest BCUT2D eigenvalue weighted by Gasteiger charge is 2.50. The van der Waals surface area contributed by atoms with Gasteiger partial charge in [0.1, 0.15) is 11.5 Å². The van der Waals surface area contributed by atoms with E-state index >= 15 is 8.78 Å². The van der Waals surface area contributed by atoms with Gasteiger partial charge in [0.15, 0.2) is 27.3 Å². The highest BCUT2D eigenvalue weighted by atomic mass is 32.2. The van der Waals surface area contributed by atoms with Crippen LogP contribution in [0, 0.1) is 22.5 Å². The van der Waals surface area contributed by atoms with Crippen LogP contribution in [0.1, 0.15) is 74.3 Å². The lowest BCUT2D eigenvalue weighted by molar-refractivity contribution is -0.147. The van der Waals surface area contributed by atoms with Gasteiger partial charge in [0.05, 0.1) is 34.4 Å². The van der Waals surface area contributed by atoms with E-state index in [1.54, 1.807) is 25.2 Å². The molecule has 51 heavy (non-hydrogen) atoms. The number of aliphatic imine (C=N–C) groups is 2. The number of sulfone groups is 1. The summed E-state index contributed by atoms with van der Waals surface area (Å²) in [7, 11) is -0.596. The number of pyridine rings is 1. The van der Waals surface area contributed by atoms with Gasteiger partial charge in [0, 0.05) is 35.6 Å². The minimum Gasteiger partial charge on any atom is -0.469 e.